The second-order valence-electron chi connectivity index (χ2n) is 4.59. The van der Waals surface area contributed by atoms with Gasteiger partial charge in [-0.3, -0.25) is 4.90 Å². The molecule has 0 amide bonds. The summed E-state index contributed by atoms with van der Waals surface area (Å²) in [5, 5.41) is 2.12. The summed E-state index contributed by atoms with van der Waals surface area (Å²) in [6.45, 7) is 4.40. The van der Waals surface area contributed by atoms with E-state index in [1.54, 1.807) is 0 Å². The lowest BCUT2D eigenvalue weighted by molar-refractivity contribution is 0.294. The zero-order chi connectivity index (χ0) is 13.0. The number of likely N-dealkylation sites (N-methyl/N-ethyl adjacent to an activating group) is 1. The van der Waals surface area contributed by atoms with E-state index in [1.165, 1.54) is 4.88 Å². The minimum Gasteiger partial charge on any atom is -0.463 e. The van der Waals surface area contributed by atoms with Gasteiger partial charge in [0, 0.05) is 11.4 Å². The fourth-order valence-corrected chi connectivity index (χ4v) is 2.67. The summed E-state index contributed by atoms with van der Waals surface area (Å²) in [6, 6.07) is 6.37. The zero-order valence-corrected chi connectivity index (χ0v) is 11.8. The van der Waals surface area contributed by atoms with Crippen molar-refractivity contribution in [3.63, 3.8) is 0 Å². The van der Waals surface area contributed by atoms with Crippen molar-refractivity contribution in [3.05, 3.63) is 45.5 Å². The van der Waals surface area contributed by atoms with Crippen molar-refractivity contribution in [3.8, 4) is 0 Å². The van der Waals surface area contributed by atoms with E-state index in [2.05, 4.69) is 35.5 Å². The molecule has 98 valence electrons. The Morgan fingerprint density at radius 3 is 2.89 bits per heavy atom. The number of aryl methyl sites for hydroxylation is 1. The van der Waals surface area contributed by atoms with E-state index in [0.29, 0.717) is 6.54 Å². The molecule has 0 unspecified atom stereocenters. The van der Waals surface area contributed by atoms with E-state index in [1.807, 2.05) is 18.3 Å². The maximum absolute atomic E-state index is 5.71. The first kappa shape index (κ1) is 13.3. The summed E-state index contributed by atoms with van der Waals surface area (Å²) < 4.78 is 5.71. The molecule has 0 spiro atoms. The molecule has 0 fully saturated rings. The molecule has 0 saturated heterocycles. The minimum absolute atomic E-state index is 0.477. The fourth-order valence-electron chi connectivity index (χ4n) is 1.97. The number of nitrogens with two attached hydrogens (primary N) is 1. The van der Waals surface area contributed by atoms with E-state index < -0.39 is 0 Å². The number of hydrogen-bond donors (Lipinski definition) is 1. The predicted molar refractivity (Wildman–Crippen MR) is 75.7 cm³/mol. The van der Waals surface area contributed by atoms with Crippen molar-refractivity contribution in [2.24, 2.45) is 5.73 Å². The second kappa shape index (κ2) is 6.18. The summed E-state index contributed by atoms with van der Waals surface area (Å²) in [5.41, 5.74) is 6.76. The molecular weight excluding hydrogens is 244 g/mol. The third kappa shape index (κ3) is 3.45. The van der Waals surface area contributed by atoms with Crippen LogP contribution in [0, 0.1) is 6.92 Å². The number of furan rings is 1. The molecule has 0 aliphatic carbocycles. The van der Waals surface area contributed by atoms with Crippen LogP contribution < -0.4 is 5.73 Å². The van der Waals surface area contributed by atoms with Gasteiger partial charge in [-0.15, -0.1) is 11.3 Å². The predicted octanol–water partition coefficient (Wildman–Crippen LogP) is 2.78. The lowest BCUT2D eigenvalue weighted by Gasteiger charge is -2.14. The van der Waals surface area contributed by atoms with Crippen LogP contribution in [0.4, 0.5) is 0 Å². The molecule has 3 nitrogen and oxygen atoms in total. The summed E-state index contributed by atoms with van der Waals surface area (Å²) >= 11 is 1.81. The molecule has 0 saturated carbocycles. The zero-order valence-electron chi connectivity index (χ0n) is 11.0. The fraction of sp³-hybridized carbons (Fsp3) is 0.429. The normalized spacial score (nSPS) is 11.3. The number of hydrogen-bond acceptors (Lipinski definition) is 4. The molecule has 0 atom stereocenters. The third-order valence-corrected chi connectivity index (χ3v) is 3.94. The lowest BCUT2D eigenvalue weighted by Crippen LogP contribution is -2.20. The molecule has 2 N–H and O–H groups in total. The highest BCUT2D eigenvalue weighted by atomic mass is 32.1. The van der Waals surface area contributed by atoms with Crippen LogP contribution >= 0.6 is 11.3 Å². The first-order valence-corrected chi connectivity index (χ1v) is 7.06. The lowest BCUT2D eigenvalue weighted by atomic mass is 10.2. The molecule has 2 heterocycles. The summed E-state index contributed by atoms with van der Waals surface area (Å²) in [6.07, 6.45) is 1.09. The van der Waals surface area contributed by atoms with Gasteiger partial charge in [0.2, 0.25) is 0 Å². The van der Waals surface area contributed by atoms with E-state index in [9.17, 15) is 0 Å². The number of rotatable bonds is 6. The van der Waals surface area contributed by atoms with Gasteiger partial charge in [0.1, 0.15) is 11.5 Å². The van der Waals surface area contributed by atoms with Crippen LogP contribution in [0.1, 0.15) is 22.0 Å². The molecule has 0 radical (unpaired) electrons. The van der Waals surface area contributed by atoms with Gasteiger partial charge in [-0.1, -0.05) is 6.07 Å². The Kier molecular flexibility index (Phi) is 4.58. The Bertz CT molecular complexity index is 476. The van der Waals surface area contributed by atoms with Crippen LogP contribution in [-0.4, -0.2) is 18.5 Å². The van der Waals surface area contributed by atoms with Gasteiger partial charge >= 0.3 is 0 Å². The Labute approximate surface area is 112 Å². The van der Waals surface area contributed by atoms with Gasteiger partial charge in [-0.2, -0.15) is 0 Å². The Morgan fingerprint density at radius 1 is 1.44 bits per heavy atom. The van der Waals surface area contributed by atoms with Gasteiger partial charge in [0.25, 0.3) is 0 Å². The standard InChI is InChI=1S/C14H20N2OS/c1-11-8-12(17-14(11)9-15)10-16(2)6-5-13-4-3-7-18-13/h3-4,7-8H,5-6,9-10,15H2,1-2H3. The first-order chi connectivity index (χ1) is 8.69. The number of nitrogens with zero attached hydrogens (tertiary/aromatic N) is 1. The largest absolute Gasteiger partial charge is 0.463 e. The summed E-state index contributed by atoms with van der Waals surface area (Å²) in [5.74, 6) is 1.90. The Hall–Kier alpha value is -1.10. The van der Waals surface area contributed by atoms with Crippen molar-refractivity contribution in [1.29, 1.82) is 0 Å². The van der Waals surface area contributed by atoms with Crippen LogP contribution in [-0.2, 0) is 19.5 Å². The summed E-state index contributed by atoms with van der Waals surface area (Å²) in [4.78, 5) is 3.71. The van der Waals surface area contributed by atoms with Crippen molar-refractivity contribution >= 4 is 11.3 Å². The molecule has 0 aromatic carbocycles. The van der Waals surface area contributed by atoms with Gasteiger partial charge in [-0.25, -0.2) is 0 Å². The van der Waals surface area contributed by atoms with Crippen molar-refractivity contribution < 1.29 is 4.42 Å². The molecule has 0 aliphatic heterocycles. The van der Waals surface area contributed by atoms with Crippen LogP contribution in [0.25, 0.3) is 0 Å². The second-order valence-corrected chi connectivity index (χ2v) is 5.62. The van der Waals surface area contributed by atoms with Crippen molar-refractivity contribution in [2.45, 2.75) is 26.4 Å². The highest BCUT2D eigenvalue weighted by Crippen LogP contribution is 2.16. The third-order valence-electron chi connectivity index (χ3n) is 3.00. The maximum atomic E-state index is 5.71. The SMILES string of the molecule is Cc1cc(CN(C)CCc2cccs2)oc1CN. The van der Waals surface area contributed by atoms with Crippen molar-refractivity contribution in [1.82, 2.24) is 4.90 Å². The topological polar surface area (TPSA) is 42.4 Å². The first-order valence-electron chi connectivity index (χ1n) is 6.18. The van der Waals surface area contributed by atoms with Gasteiger partial charge in [0.05, 0.1) is 13.1 Å². The molecule has 2 rings (SSSR count). The smallest absolute Gasteiger partial charge is 0.120 e. The Morgan fingerprint density at radius 2 is 2.28 bits per heavy atom. The molecule has 18 heavy (non-hydrogen) atoms. The van der Waals surface area contributed by atoms with Crippen LogP contribution in [0.3, 0.4) is 0 Å². The molecule has 0 bridgehead atoms. The summed E-state index contributed by atoms with van der Waals surface area (Å²) in [7, 11) is 2.12. The van der Waals surface area contributed by atoms with E-state index in [-0.39, 0.29) is 0 Å². The quantitative estimate of drug-likeness (QED) is 0.872. The monoisotopic (exact) mass is 264 g/mol. The molecule has 0 aliphatic rings. The molecule has 2 aromatic rings. The molecular formula is C14H20N2OS. The van der Waals surface area contributed by atoms with Crippen LogP contribution in [0.5, 0.6) is 0 Å². The van der Waals surface area contributed by atoms with Crippen LogP contribution in [0.2, 0.25) is 0 Å². The maximum Gasteiger partial charge on any atom is 0.120 e. The highest BCUT2D eigenvalue weighted by Gasteiger charge is 2.08. The Balaban J connectivity index is 1.84. The van der Waals surface area contributed by atoms with E-state index in [4.69, 9.17) is 10.2 Å². The molecule has 4 heteroatoms. The highest BCUT2D eigenvalue weighted by molar-refractivity contribution is 7.09. The average Bonchev–Trinajstić information content (AvgIpc) is 2.96. The van der Waals surface area contributed by atoms with E-state index in [0.717, 1.165) is 36.6 Å². The minimum atomic E-state index is 0.477. The average molecular weight is 264 g/mol. The molecule has 2 aromatic heterocycles. The van der Waals surface area contributed by atoms with E-state index >= 15 is 0 Å². The van der Waals surface area contributed by atoms with Crippen LogP contribution in [0.15, 0.2) is 28.0 Å². The van der Waals surface area contributed by atoms with Gasteiger partial charge in [0.15, 0.2) is 0 Å². The number of thiophene rings is 1. The van der Waals surface area contributed by atoms with Crippen molar-refractivity contribution in [2.75, 3.05) is 13.6 Å². The van der Waals surface area contributed by atoms with Gasteiger partial charge < -0.3 is 10.2 Å². The van der Waals surface area contributed by atoms with Gasteiger partial charge in [-0.05, 0) is 43.5 Å².